The van der Waals surface area contributed by atoms with E-state index in [1.54, 1.807) is 0 Å². The molecule has 2 aliphatic rings. The minimum Gasteiger partial charge on any atom is -0.481 e. The Kier molecular flexibility index (Phi) is 10.0. The van der Waals surface area contributed by atoms with E-state index in [0.29, 0.717) is 18.3 Å². The second-order valence-corrected chi connectivity index (χ2v) is 13.5. The number of ether oxygens (including phenoxy) is 2. The minimum absolute atomic E-state index is 0.0628. The molecule has 0 radical (unpaired) electrons. The van der Waals surface area contributed by atoms with Crippen molar-refractivity contribution in [1.82, 2.24) is 0 Å². The van der Waals surface area contributed by atoms with Gasteiger partial charge in [-0.15, -0.1) is 0 Å². The first-order valence-electron chi connectivity index (χ1n) is 11.9. The van der Waals surface area contributed by atoms with Crippen molar-refractivity contribution >= 4 is 15.7 Å². The molecule has 0 amide bonds. The van der Waals surface area contributed by atoms with E-state index in [2.05, 4.69) is 46.8 Å². The lowest BCUT2D eigenvalue weighted by atomic mass is 9.79. The van der Waals surface area contributed by atoms with E-state index in [0.717, 1.165) is 45.1 Å². The molecular formula is C24H44O5Si. The summed E-state index contributed by atoms with van der Waals surface area (Å²) in [6.45, 7) is 12.1. The molecular weight excluding hydrogens is 396 g/mol. The Bertz CT molecular complexity index is 548. The first kappa shape index (κ1) is 25.6. The van der Waals surface area contributed by atoms with E-state index >= 15 is 0 Å². The average molecular weight is 441 g/mol. The van der Waals surface area contributed by atoms with Gasteiger partial charge in [0, 0.05) is 18.9 Å². The zero-order valence-corrected chi connectivity index (χ0v) is 21.2. The van der Waals surface area contributed by atoms with Crippen LogP contribution in [0.3, 0.4) is 0 Å². The van der Waals surface area contributed by atoms with Crippen LogP contribution in [-0.4, -0.2) is 45.4 Å². The lowest BCUT2D eigenvalue weighted by molar-refractivity contribution is -0.206. The summed E-state index contributed by atoms with van der Waals surface area (Å²) in [5, 5.41) is 9.04. The minimum atomic E-state index is -0.717. The SMILES string of the molecule is CC(C)(C)[SiH2]OC(C)(C)C1C(C/C=C\CCCC(=O)O)CCC1OC1CCCCO1. The molecule has 4 unspecified atom stereocenters. The van der Waals surface area contributed by atoms with Crippen LogP contribution >= 0.6 is 0 Å². The Morgan fingerprint density at radius 3 is 2.53 bits per heavy atom. The number of hydrogen-bond donors (Lipinski definition) is 1. The van der Waals surface area contributed by atoms with Gasteiger partial charge in [0.25, 0.3) is 0 Å². The topological polar surface area (TPSA) is 65.0 Å². The van der Waals surface area contributed by atoms with E-state index in [-0.39, 0.29) is 29.5 Å². The molecule has 0 bridgehead atoms. The zero-order valence-electron chi connectivity index (χ0n) is 19.8. The first-order valence-corrected chi connectivity index (χ1v) is 13.1. The van der Waals surface area contributed by atoms with Crippen LogP contribution in [0, 0.1) is 11.8 Å². The third kappa shape index (κ3) is 8.81. The van der Waals surface area contributed by atoms with Crippen LogP contribution in [0.5, 0.6) is 0 Å². The summed E-state index contributed by atoms with van der Waals surface area (Å²) in [6.07, 6.45) is 12.8. The molecule has 30 heavy (non-hydrogen) atoms. The van der Waals surface area contributed by atoms with Gasteiger partial charge in [-0.2, -0.15) is 0 Å². The van der Waals surface area contributed by atoms with Crippen molar-refractivity contribution in [3.05, 3.63) is 12.2 Å². The van der Waals surface area contributed by atoms with Crippen LogP contribution in [0.2, 0.25) is 5.04 Å². The van der Waals surface area contributed by atoms with Crippen molar-refractivity contribution in [1.29, 1.82) is 0 Å². The summed E-state index contributed by atoms with van der Waals surface area (Å²) in [6, 6.07) is 0. The molecule has 1 N–H and O–H groups in total. The standard InChI is InChI=1S/C24H44O5Si/c1-23(2,3)30-29-24(4,5)22-18(12-8-6-7-9-13-20(25)26)15-16-19(22)28-21-14-10-11-17-27-21/h6,8,18-19,21-22H,7,9-17,30H2,1-5H3,(H,25,26)/b8-6-. The zero-order chi connectivity index (χ0) is 22.2. The molecule has 1 saturated carbocycles. The molecule has 1 heterocycles. The highest BCUT2D eigenvalue weighted by Crippen LogP contribution is 2.45. The number of allylic oxidation sites excluding steroid dienone is 2. The average Bonchev–Trinajstić information content (AvgIpc) is 3.06. The molecule has 2 rings (SSSR count). The van der Waals surface area contributed by atoms with Crippen molar-refractivity contribution in [2.24, 2.45) is 11.8 Å². The number of unbranched alkanes of at least 4 members (excludes halogenated alkanes) is 1. The summed E-state index contributed by atoms with van der Waals surface area (Å²) < 4.78 is 19.0. The van der Waals surface area contributed by atoms with Gasteiger partial charge in [0.1, 0.15) is 0 Å². The molecule has 1 aliphatic heterocycles. The Morgan fingerprint density at radius 2 is 1.90 bits per heavy atom. The fourth-order valence-electron chi connectivity index (χ4n) is 4.75. The molecule has 5 nitrogen and oxygen atoms in total. The van der Waals surface area contributed by atoms with E-state index in [9.17, 15) is 4.79 Å². The van der Waals surface area contributed by atoms with E-state index < -0.39 is 15.7 Å². The van der Waals surface area contributed by atoms with Gasteiger partial charge in [0.15, 0.2) is 16.1 Å². The predicted octanol–water partition coefficient (Wildman–Crippen LogP) is 5.22. The maximum absolute atomic E-state index is 10.7. The summed E-state index contributed by atoms with van der Waals surface area (Å²) in [5.41, 5.74) is -0.211. The Morgan fingerprint density at radius 1 is 1.13 bits per heavy atom. The van der Waals surface area contributed by atoms with Gasteiger partial charge in [-0.1, -0.05) is 32.9 Å². The smallest absolute Gasteiger partial charge is 0.303 e. The number of aliphatic carboxylic acids is 1. The van der Waals surface area contributed by atoms with E-state index in [4.69, 9.17) is 19.0 Å². The highest BCUT2D eigenvalue weighted by atomic mass is 28.2. The van der Waals surface area contributed by atoms with Crippen LogP contribution in [0.4, 0.5) is 0 Å². The second-order valence-electron chi connectivity index (χ2n) is 10.8. The molecule has 0 spiro atoms. The normalized spacial score (nSPS) is 28.7. The molecule has 6 heteroatoms. The summed E-state index contributed by atoms with van der Waals surface area (Å²) in [7, 11) is -0.663. The molecule has 0 aromatic heterocycles. The van der Waals surface area contributed by atoms with Gasteiger partial charge < -0.3 is 19.0 Å². The van der Waals surface area contributed by atoms with Crippen LogP contribution in [-0.2, 0) is 18.7 Å². The van der Waals surface area contributed by atoms with Crippen molar-refractivity contribution in [3.63, 3.8) is 0 Å². The third-order valence-electron chi connectivity index (χ3n) is 6.24. The Hall–Kier alpha value is -0.693. The lowest BCUT2D eigenvalue weighted by Crippen LogP contribution is -2.46. The largest absolute Gasteiger partial charge is 0.481 e. The molecule has 2 fully saturated rings. The molecule has 174 valence electrons. The van der Waals surface area contributed by atoms with Gasteiger partial charge in [-0.3, -0.25) is 4.79 Å². The Labute approximate surface area is 185 Å². The second kappa shape index (κ2) is 11.8. The molecule has 0 aromatic carbocycles. The number of hydrogen-bond acceptors (Lipinski definition) is 4. The van der Waals surface area contributed by atoms with Crippen LogP contribution in [0.25, 0.3) is 0 Å². The maximum Gasteiger partial charge on any atom is 0.303 e. The van der Waals surface area contributed by atoms with Crippen LogP contribution < -0.4 is 0 Å². The lowest BCUT2D eigenvalue weighted by Gasteiger charge is -2.41. The van der Waals surface area contributed by atoms with Crippen molar-refractivity contribution < 1.29 is 23.8 Å². The number of carboxylic acid groups (broad SMARTS) is 1. The number of rotatable bonds is 11. The first-order chi connectivity index (χ1) is 14.1. The van der Waals surface area contributed by atoms with Gasteiger partial charge >= 0.3 is 5.97 Å². The fraction of sp³-hybridized carbons (Fsp3) is 0.875. The van der Waals surface area contributed by atoms with Crippen molar-refractivity contribution in [2.75, 3.05) is 6.61 Å². The van der Waals surface area contributed by atoms with Crippen molar-refractivity contribution in [2.45, 2.75) is 115 Å². The fourth-order valence-corrected chi connectivity index (χ4v) is 5.74. The number of carboxylic acids is 1. The third-order valence-corrected chi connectivity index (χ3v) is 8.00. The van der Waals surface area contributed by atoms with Gasteiger partial charge in [0.2, 0.25) is 0 Å². The van der Waals surface area contributed by atoms with E-state index in [1.165, 1.54) is 6.42 Å². The summed E-state index contributed by atoms with van der Waals surface area (Å²) >= 11 is 0. The van der Waals surface area contributed by atoms with Gasteiger partial charge in [-0.25, -0.2) is 0 Å². The quantitative estimate of drug-likeness (QED) is 0.271. The van der Waals surface area contributed by atoms with Crippen LogP contribution in [0.15, 0.2) is 12.2 Å². The maximum atomic E-state index is 10.7. The molecule has 1 saturated heterocycles. The molecule has 4 atom stereocenters. The monoisotopic (exact) mass is 440 g/mol. The highest BCUT2D eigenvalue weighted by Gasteiger charge is 2.47. The number of carbonyl (C=O) groups is 1. The molecule has 1 aliphatic carbocycles. The van der Waals surface area contributed by atoms with Gasteiger partial charge in [-0.05, 0) is 76.2 Å². The predicted molar refractivity (Wildman–Crippen MR) is 123 cm³/mol. The van der Waals surface area contributed by atoms with Crippen LogP contribution in [0.1, 0.15) is 92.4 Å². The highest BCUT2D eigenvalue weighted by molar-refractivity contribution is 6.31. The van der Waals surface area contributed by atoms with E-state index in [1.807, 2.05) is 0 Å². The molecule has 0 aromatic rings. The summed E-state index contributed by atoms with van der Waals surface area (Å²) in [4.78, 5) is 10.7. The van der Waals surface area contributed by atoms with Gasteiger partial charge in [0.05, 0.1) is 11.7 Å². The summed E-state index contributed by atoms with van der Waals surface area (Å²) in [5.74, 6) is 0.158. The van der Waals surface area contributed by atoms with Crippen molar-refractivity contribution in [3.8, 4) is 0 Å². The Balaban J connectivity index is 2.00.